The van der Waals surface area contributed by atoms with Crippen LogP contribution in [0.5, 0.6) is 11.5 Å². The molecule has 0 spiro atoms. The van der Waals surface area contributed by atoms with Crippen molar-refractivity contribution in [3.05, 3.63) is 87.4 Å². The van der Waals surface area contributed by atoms with Crippen LogP contribution in [0.2, 0.25) is 5.02 Å². The minimum absolute atomic E-state index is 0.0196. The van der Waals surface area contributed by atoms with Gasteiger partial charge in [-0.3, -0.25) is 14.5 Å². The number of carbonyl (C=O) groups excluding carboxylic acids is 1. The number of rotatable bonds is 11. The lowest BCUT2D eigenvalue weighted by atomic mass is 9.74. The standard InChI is InChI=1S/C35H40ClFN2O6/c1-6-20-11-23(36)12-21(7-2)32(20)38-30(40)17-39-16-27(22-13-28(37)34-29(14-22)44-18-45-34)31(35(41)42)33(39)25-10-9-24(43-8-3)15-26(25)19(4)5/h9,11-15,25,27,31,33H,4,6-8,10,16-18H2,1-3,5H3,(H,38,40)(H,41,42)/t25?,27-,31-,33+/m1/s1. The second-order valence-electron chi connectivity index (χ2n) is 11.7. The fourth-order valence-corrected chi connectivity index (χ4v) is 7.25. The third-order valence-corrected chi connectivity index (χ3v) is 9.16. The van der Waals surface area contributed by atoms with Crippen LogP contribution in [-0.4, -0.2) is 54.4 Å². The number of likely N-dealkylation sites (tertiary alicyclic amines) is 1. The van der Waals surface area contributed by atoms with Gasteiger partial charge in [-0.2, -0.15) is 0 Å². The third kappa shape index (κ3) is 6.60. The van der Waals surface area contributed by atoms with E-state index in [-0.39, 0.29) is 43.2 Å². The summed E-state index contributed by atoms with van der Waals surface area (Å²) in [6.45, 7) is 12.5. The molecule has 3 aliphatic rings. The molecule has 8 nitrogen and oxygen atoms in total. The summed E-state index contributed by atoms with van der Waals surface area (Å²) in [6, 6.07) is 6.09. The van der Waals surface area contributed by atoms with E-state index in [1.165, 1.54) is 6.07 Å². The number of hydrogen-bond acceptors (Lipinski definition) is 6. The van der Waals surface area contributed by atoms with Gasteiger partial charge in [-0.1, -0.05) is 37.6 Å². The lowest BCUT2D eigenvalue weighted by Crippen LogP contribution is -2.46. The van der Waals surface area contributed by atoms with Crippen molar-refractivity contribution in [3.8, 4) is 11.5 Å². The second kappa shape index (κ2) is 13.7. The number of ether oxygens (including phenoxy) is 3. The lowest BCUT2D eigenvalue weighted by Gasteiger charge is -2.36. The molecular weight excluding hydrogens is 599 g/mol. The molecule has 2 heterocycles. The van der Waals surface area contributed by atoms with Crippen molar-refractivity contribution in [2.45, 2.75) is 58.9 Å². The summed E-state index contributed by atoms with van der Waals surface area (Å²) in [5.74, 6) is -2.81. The Morgan fingerprint density at radius 3 is 2.47 bits per heavy atom. The Morgan fingerprint density at radius 2 is 1.84 bits per heavy atom. The molecule has 2 aliphatic heterocycles. The summed E-state index contributed by atoms with van der Waals surface area (Å²) in [5.41, 5.74) is 4.74. The Labute approximate surface area is 268 Å². The molecule has 4 atom stereocenters. The van der Waals surface area contributed by atoms with Crippen molar-refractivity contribution in [1.82, 2.24) is 4.90 Å². The Bertz CT molecular complexity index is 1540. The van der Waals surface area contributed by atoms with Gasteiger partial charge in [-0.15, -0.1) is 0 Å². The maximum absolute atomic E-state index is 15.1. The fraction of sp³-hybridized carbons (Fsp3) is 0.429. The van der Waals surface area contributed by atoms with Crippen LogP contribution in [0, 0.1) is 17.7 Å². The Kier molecular flexibility index (Phi) is 9.89. The van der Waals surface area contributed by atoms with Crippen LogP contribution in [0.1, 0.15) is 56.7 Å². The summed E-state index contributed by atoms with van der Waals surface area (Å²) < 4.78 is 31.6. The topological polar surface area (TPSA) is 97.3 Å². The van der Waals surface area contributed by atoms with E-state index in [0.29, 0.717) is 42.2 Å². The first-order valence-electron chi connectivity index (χ1n) is 15.4. The monoisotopic (exact) mass is 638 g/mol. The van der Waals surface area contributed by atoms with E-state index in [9.17, 15) is 14.7 Å². The van der Waals surface area contributed by atoms with Gasteiger partial charge in [0.2, 0.25) is 18.4 Å². The largest absolute Gasteiger partial charge is 0.494 e. The molecule has 2 N–H and O–H groups in total. The van der Waals surface area contributed by atoms with Crippen LogP contribution in [0.25, 0.3) is 0 Å². The first-order valence-corrected chi connectivity index (χ1v) is 15.8. The number of allylic oxidation sites excluding steroid dienone is 3. The van der Waals surface area contributed by atoms with Crippen molar-refractivity contribution >= 4 is 29.2 Å². The smallest absolute Gasteiger partial charge is 0.308 e. The van der Waals surface area contributed by atoms with Crippen LogP contribution in [0.3, 0.4) is 0 Å². The number of fused-ring (bicyclic) bond motifs is 1. The number of aliphatic carboxylic acids is 1. The second-order valence-corrected chi connectivity index (χ2v) is 12.2. The van der Waals surface area contributed by atoms with Crippen LogP contribution in [-0.2, 0) is 27.2 Å². The zero-order valence-corrected chi connectivity index (χ0v) is 26.9. The highest BCUT2D eigenvalue weighted by atomic mass is 35.5. The lowest BCUT2D eigenvalue weighted by molar-refractivity contribution is -0.143. The van der Waals surface area contributed by atoms with Gasteiger partial charge in [0.25, 0.3) is 0 Å². The van der Waals surface area contributed by atoms with Gasteiger partial charge in [0.15, 0.2) is 11.6 Å². The molecule has 1 fully saturated rings. The molecule has 0 aromatic heterocycles. The zero-order valence-electron chi connectivity index (χ0n) is 26.1. The molecule has 0 bridgehead atoms. The number of amides is 1. The number of anilines is 1. The van der Waals surface area contributed by atoms with Gasteiger partial charge >= 0.3 is 5.97 Å². The van der Waals surface area contributed by atoms with Crippen LogP contribution >= 0.6 is 11.6 Å². The zero-order chi connectivity index (χ0) is 32.4. The van der Waals surface area contributed by atoms with Crippen molar-refractivity contribution in [1.29, 1.82) is 0 Å². The number of hydrogen-bond donors (Lipinski definition) is 2. The van der Waals surface area contributed by atoms with Gasteiger partial charge in [0, 0.05) is 35.1 Å². The van der Waals surface area contributed by atoms with E-state index in [2.05, 4.69) is 11.9 Å². The summed E-state index contributed by atoms with van der Waals surface area (Å²) in [7, 11) is 0. The number of nitrogens with one attached hydrogen (secondary N) is 1. The normalized spacial score (nSPS) is 22.5. The minimum Gasteiger partial charge on any atom is -0.494 e. The number of carboxylic acids is 1. The maximum Gasteiger partial charge on any atom is 0.308 e. The molecular formula is C35H40ClFN2O6. The molecule has 1 amide bonds. The van der Waals surface area contributed by atoms with E-state index in [4.69, 9.17) is 25.8 Å². The first-order chi connectivity index (χ1) is 21.6. The molecule has 1 unspecified atom stereocenters. The van der Waals surface area contributed by atoms with Crippen LogP contribution in [0.15, 0.2) is 59.9 Å². The van der Waals surface area contributed by atoms with E-state index < -0.39 is 29.7 Å². The van der Waals surface area contributed by atoms with E-state index in [1.54, 1.807) is 6.07 Å². The van der Waals surface area contributed by atoms with Crippen molar-refractivity contribution < 1.29 is 33.3 Å². The number of carboxylic acid groups (broad SMARTS) is 1. The summed E-state index contributed by atoms with van der Waals surface area (Å²) in [4.78, 5) is 28.9. The predicted octanol–water partition coefficient (Wildman–Crippen LogP) is 6.88. The van der Waals surface area contributed by atoms with E-state index in [1.807, 2.05) is 56.9 Å². The van der Waals surface area contributed by atoms with Gasteiger partial charge in [-0.05, 0) is 91.8 Å². The Morgan fingerprint density at radius 1 is 1.13 bits per heavy atom. The average Bonchev–Trinajstić information content (AvgIpc) is 3.63. The van der Waals surface area contributed by atoms with E-state index >= 15 is 4.39 Å². The molecule has 240 valence electrons. The number of benzene rings is 2. The minimum atomic E-state index is -1.02. The van der Waals surface area contributed by atoms with Crippen LogP contribution < -0.4 is 14.8 Å². The maximum atomic E-state index is 15.1. The summed E-state index contributed by atoms with van der Waals surface area (Å²) >= 11 is 6.35. The molecule has 0 saturated carbocycles. The molecule has 0 radical (unpaired) electrons. The number of aryl methyl sites for hydroxylation is 2. The molecule has 10 heteroatoms. The highest BCUT2D eigenvalue weighted by Crippen LogP contribution is 2.48. The third-order valence-electron chi connectivity index (χ3n) is 8.94. The van der Waals surface area contributed by atoms with Gasteiger partial charge < -0.3 is 24.6 Å². The molecule has 1 saturated heterocycles. The number of nitrogens with zero attached hydrogens (tertiary/aromatic N) is 1. The van der Waals surface area contributed by atoms with Gasteiger partial charge in [0.1, 0.15) is 5.76 Å². The molecule has 2 aromatic carbocycles. The number of carbonyl (C=O) groups is 2. The quantitative estimate of drug-likeness (QED) is 0.277. The fourth-order valence-electron chi connectivity index (χ4n) is 6.99. The SMILES string of the molecule is C=C(C)C1=CC(OCC)=CCC1[C@H]1[C@H](C(=O)O)[C@@H](c2cc(F)c3c(c2)OCO3)CN1CC(=O)Nc1c(CC)cc(Cl)cc1CC. The van der Waals surface area contributed by atoms with Crippen molar-refractivity contribution in [3.63, 3.8) is 0 Å². The van der Waals surface area contributed by atoms with Crippen molar-refractivity contribution in [2.75, 3.05) is 31.8 Å². The molecule has 5 rings (SSSR count). The van der Waals surface area contributed by atoms with Crippen LogP contribution in [0.4, 0.5) is 10.1 Å². The number of halogens is 2. The average molecular weight is 639 g/mol. The van der Waals surface area contributed by atoms with Gasteiger partial charge in [0.05, 0.1) is 19.1 Å². The Hall–Kier alpha value is -3.82. The molecule has 2 aromatic rings. The molecule has 1 aliphatic carbocycles. The highest BCUT2D eigenvalue weighted by Gasteiger charge is 2.51. The Balaban J connectivity index is 1.54. The van der Waals surface area contributed by atoms with Crippen molar-refractivity contribution in [2.24, 2.45) is 11.8 Å². The highest BCUT2D eigenvalue weighted by molar-refractivity contribution is 6.30. The first kappa shape index (κ1) is 32.6. The summed E-state index contributed by atoms with van der Waals surface area (Å²) in [5, 5.41) is 14.5. The summed E-state index contributed by atoms with van der Waals surface area (Å²) in [6.07, 6.45) is 5.73. The molecule has 45 heavy (non-hydrogen) atoms. The van der Waals surface area contributed by atoms with E-state index in [0.717, 1.165) is 28.0 Å². The predicted molar refractivity (Wildman–Crippen MR) is 171 cm³/mol. The van der Waals surface area contributed by atoms with Gasteiger partial charge in [-0.25, -0.2) is 4.39 Å².